The first-order valence-electron chi connectivity index (χ1n) is 9.52. The van der Waals surface area contributed by atoms with Crippen LogP contribution in [0.2, 0.25) is 0 Å². The molecule has 1 spiro atoms. The molecule has 24 heavy (non-hydrogen) atoms. The number of carbonyl (C=O) groups excluding carboxylic acids is 1. The van der Waals surface area contributed by atoms with Crippen molar-refractivity contribution in [2.24, 2.45) is 11.3 Å². The van der Waals surface area contributed by atoms with E-state index in [1.807, 2.05) is 11.3 Å². The topological polar surface area (TPSA) is 23.6 Å². The Morgan fingerprint density at radius 1 is 1.25 bits per heavy atom. The highest BCUT2D eigenvalue weighted by atomic mass is 32.1. The van der Waals surface area contributed by atoms with E-state index in [2.05, 4.69) is 41.4 Å². The number of nitrogens with zero attached hydrogens (tertiary/aromatic N) is 2. The largest absolute Gasteiger partial charge is 0.342 e. The molecule has 0 bridgehead atoms. The van der Waals surface area contributed by atoms with Gasteiger partial charge in [-0.3, -0.25) is 9.69 Å². The second-order valence-corrected chi connectivity index (χ2v) is 9.56. The van der Waals surface area contributed by atoms with E-state index in [-0.39, 0.29) is 5.54 Å². The van der Waals surface area contributed by atoms with Gasteiger partial charge >= 0.3 is 0 Å². The normalized spacial score (nSPS) is 33.5. The van der Waals surface area contributed by atoms with E-state index in [1.54, 1.807) is 0 Å². The molecule has 0 aromatic carbocycles. The van der Waals surface area contributed by atoms with Crippen LogP contribution in [0, 0.1) is 11.3 Å². The first-order valence-corrected chi connectivity index (χ1v) is 10.4. The molecule has 4 rings (SSSR count). The molecule has 1 amide bonds. The molecule has 0 radical (unpaired) electrons. The molecule has 2 aliphatic carbocycles. The zero-order chi connectivity index (χ0) is 16.8. The molecule has 1 aliphatic heterocycles. The number of rotatable bonds is 4. The van der Waals surface area contributed by atoms with Crippen LogP contribution in [0.3, 0.4) is 0 Å². The number of hydrogen-bond acceptors (Lipinski definition) is 3. The summed E-state index contributed by atoms with van der Waals surface area (Å²) in [4.78, 5) is 18.6. The molecule has 2 heterocycles. The summed E-state index contributed by atoms with van der Waals surface area (Å²) < 4.78 is 0. The molecule has 3 fully saturated rings. The number of thiophene rings is 1. The van der Waals surface area contributed by atoms with Gasteiger partial charge in [0, 0.05) is 24.4 Å². The van der Waals surface area contributed by atoms with Gasteiger partial charge in [-0.05, 0) is 81.8 Å². The lowest BCUT2D eigenvalue weighted by molar-refractivity contribution is -0.131. The summed E-state index contributed by atoms with van der Waals surface area (Å²) in [6.07, 6.45) is 9.56. The van der Waals surface area contributed by atoms with Crippen molar-refractivity contribution >= 4 is 17.2 Å². The maximum atomic E-state index is 12.5. The number of amides is 1. The van der Waals surface area contributed by atoms with Gasteiger partial charge in [0.25, 0.3) is 0 Å². The second-order valence-electron chi connectivity index (χ2n) is 8.62. The Bertz CT molecular complexity index is 583. The number of hydrogen-bond donors (Lipinski definition) is 0. The third-order valence-electron chi connectivity index (χ3n) is 6.92. The summed E-state index contributed by atoms with van der Waals surface area (Å²) in [5.74, 6) is 1.14. The first-order chi connectivity index (χ1) is 11.5. The lowest BCUT2D eigenvalue weighted by Gasteiger charge is -2.48. The Hall–Kier alpha value is -0.870. The highest BCUT2D eigenvalue weighted by molar-refractivity contribution is 7.10. The van der Waals surface area contributed by atoms with E-state index in [9.17, 15) is 4.79 Å². The average molecular weight is 347 g/mol. The van der Waals surface area contributed by atoms with Gasteiger partial charge in [-0.2, -0.15) is 0 Å². The highest BCUT2D eigenvalue weighted by Crippen LogP contribution is 2.52. The standard InChI is InChI=1S/C20H30N2OS/c1-21(2)20(17-4-3-13-24-17)9-7-19(8-10-20)11-12-22(15-19)18(23)14-16-5-6-16/h3-4,13,16H,5-12,14-15H2,1-2H3. The fraction of sp³-hybridized carbons (Fsp3) is 0.750. The summed E-state index contributed by atoms with van der Waals surface area (Å²) in [6.45, 7) is 2.02. The van der Waals surface area contributed by atoms with E-state index in [0.29, 0.717) is 17.2 Å². The third-order valence-corrected chi connectivity index (χ3v) is 7.99. The van der Waals surface area contributed by atoms with Gasteiger partial charge in [0.05, 0.1) is 5.54 Å². The summed E-state index contributed by atoms with van der Waals surface area (Å²) >= 11 is 1.90. The van der Waals surface area contributed by atoms with Crippen LogP contribution in [0.1, 0.15) is 56.2 Å². The third kappa shape index (κ3) is 2.92. The molecular formula is C20H30N2OS. The average Bonchev–Trinajstić information content (AvgIpc) is 3.06. The monoisotopic (exact) mass is 346 g/mol. The molecule has 0 unspecified atom stereocenters. The number of likely N-dealkylation sites (tertiary alicyclic amines) is 1. The molecule has 2 saturated carbocycles. The van der Waals surface area contributed by atoms with Gasteiger partial charge in [-0.25, -0.2) is 0 Å². The summed E-state index contributed by atoms with van der Waals surface area (Å²) in [6, 6.07) is 4.49. The van der Waals surface area contributed by atoms with Crippen LogP contribution in [0.25, 0.3) is 0 Å². The molecule has 0 N–H and O–H groups in total. The van der Waals surface area contributed by atoms with Crippen molar-refractivity contribution < 1.29 is 4.79 Å². The second kappa shape index (κ2) is 6.14. The Morgan fingerprint density at radius 3 is 2.58 bits per heavy atom. The lowest BCUT2D eigenvalue weighted by atomic mass is 9.66. The van der Waals surface area contributed by atoms with Crippen LogP contribution >= 0.6 is 11.3 Å². The van der Waals surface area contributed by atoms with E-state index in [1.165, 1.54) is 49.8 Å². The van der Waals surface area contributed by atoms with Gasteiger partial charge in [0.15, 0.2) is 0 Å². The predicted molar refractivity (Wildman–Crippen MR) is 99.1 cm³/mol. The molecule has 0 atom stereocenters. The van der Waals surface area contributed by atoms with Crippen LogP contribution in [0.5, 0.6) is 0 Å². The van der Waals surface area contributed by atoms with Gasteiger partial charge in [-0.1, -0.05) is 6.07 Å². The highest BCUT2D eigenvalue weighted by Gasteiger charge is 2.48. The van der Waals surface area contributed by atoms with Crippen molar-refractivity contribution in [1.82, 2.24) is 9.80 Å². The van der Waals surface area contributed by atoms with Gasteiger partial charge in [0.1, 0.15) is 0 Å². The lowest BCUT2D eigenvalue weighted by Crippen LogP contribution is -2.47. The summed E-state index contributed by atoms with van der Waals surface area (Å²) in [5.41, 5.74) is 0.612. The summed E-state index contributed by atoms with van der Waals surface area (Å²) in [7, 11) is 4.47. The quantitative estimate of drug-likeness (QED) is 0.819. The van der Waals surface area contributed by atoms with Gasteiger partial charge in [0.2, 0.25) is 5.91 Å². The predicted octanol–water partition coefficient (Wildman–Crippen LogP) is 4.10. The maximum absolute atomic E-state index is 12.5. The molecule has 4 heteroatoms. The molecule has 132 valence electrons. The van der Waals surface area contributed by atoms with Crippen LogP contribution in [0.4, 0.5) is 0 Å². The van der Waals surface area contributed by atoms with E-state index >= 15 is 0 Å². The van der Waals surface area contributed by atoms with Crippen LogP contribution in [-0.2, 0) is 10.3 Å². The van der Waals surface area contributed by atoms with E-state index in [4.69, 9.17) is 0 Å². The first kappa shape index (κ1) is 16.6. The smallest absolute Gasteiger partial charge is 0.222 e. The molecule has 1 aromatic heterocycles. The van der Waals surface area contributed by atoms with Gasteiger partial charge < -0.3 is 4.90 Å². The van der Waals surface area contributed by atoms with Crippen LogP contribution < -0.4 is 0 Å². The van der Waals surface area contributed by atoms with Crippen molar-refractivity contribution in [3.05, 3.63) is 22.4 Å². The zero-order valence-corrected chi connectivity index (χ0v) is 15.9. The van der Waals surface area contributed by atoms with Gasteiger partial charge in [-0.15, -0.1) is 11.3 Å². The van der Waals surface area contributed by atoms with E-state index in [0.717, 1.165) is 19.5 Å². The molecule has 1 saturated heterocycles. The molecule has 1 aromatic rings. The van der Waals surface area contributed by atoms with Crippen molar-refractivity contribution in [2.75, 3.05) is 27.2 Å². The van der Waals surface area contributed by atoms with Crippen molar-refractivity contribution in [3.63, 3.8) is 0 Å². The fourth-order valence-corrected chi connectivity index (χ4v) is 5.97. The van der Waals surface area contributed by atoms with Crippen LogP contribution in [-0.4, -0.2) is 42.9 Å². The minimum atomic E-state index is 0.213. The minimum absolute atomic E-state index is 0.213. The van der Waals surface area contributed by atoms with E-state index < -0.39 is 0 Å². The fourth-order valence-electron chi connectivity index (χ4n) is 4.91. The Kier molecular flexibility index (Phi) is 4.24. The molecular weight excluding hydrogens is 316 g/mol. The summed E-state index contributed by atoms with van der Waals surface area (Å²) in [5, 5.41) is 2.21. The zero-order valence-electron chi connectivity index (χ0n) is 15.1. The Morgan fingerprint density at radius 2 is 2.00 bits per heavy atom. The SMILES string of the molecule is CN(C)C1(c2cccs2)CCC2(CCN(C(=O)CC3CC3)C2)CC1. The Balaban J connectivity index is 1.42. The van der Waals surface area contributed by atoms with Crippen molar-refractivity contribution in [2.45, 2.75) is 56.9 Å². The van der Waals surface area contributed by atoms with Crippen molar-refractivity contribution in [1.29, 1.82) is 0 Å². The number of carbonyl (C=O) groups is 1. The molecule has 3 nitrogen and oxygen atoms in total. The maximum Gasteiger partial charge on any atom is 0.222 e. The molecule has 3 aliphatic rings. The Labute approximate surface area is 150 Å². The van der Waals surface area contributed by atoms with Crippen molar-refractivity contribution in [3.8, 4) is 0 Å². The minimum Gasteiger partial charge on any atom is -0.342 e. The van der Waals surface area contributed by atoms with Crippen LogP contribution in [0.15, 0.2) is 17.5 Å².